The van der Waals surface area contributed by atoms with E-state index in [0.717, 1.165) is 33.6 Å². The SMILES string of the molecule is CC(=O)C=C(C)O.[Ir].[c-]1ccccc1-c1cc2cc(-c3ccccc3)oc2cn1. The van der Waals surface area contributed by atoms with E-state index in [2.05, 4.69) is 17.1 Å². The second kappa shape index (κ2) is 10.5. The molecule has 1 N–H and O–H groups in total. The van der Waals surface area contributed by atoms with Gasteiger partial charge in [-0.2, -0.15) is 0 Å². The molecule has 0 fully saturated rings. The number of furan rings is 1. The van der Waals surface area contributed by atoms with Crippen molar-refractivity contribution in [1.29, 1.82) is 0 Å². The average molecular weight is 563 g/mol. The van der Waals surface area contributed by atoms with Crippen molar-refractivity contribution in [2.24, 2.45) is 0 Å². The number of carbonyl (C=O) groups excluding carboxylic acids is 1. The molecular formula is C24H20IrNO3-. The van der Waals surface area contributed by atoms with Gasteiger partial charge < -0.3 is 14.5 Å². The van der Waals surface area contributed by atoms with Crippen molar-refractivity contribution in [3.63, 3.8) is 0 Å². The summed E-state index contributed by atoms with van der Waals surface area (Å²) in [5.41, 5.74) is 3.76. The van der Waals surface area contributed by atoms with E-state index in [4.69, 9.17) is 9.52 Å². The Balaban J connectivity index is 0.000000327. The van der Waals surface area contributed by atoms with E-state index < -0.39 is 0 Å². The van der Waals surface area contributed by atoms with Crippen LogP contribution in [0.3, 0.4) is 0 Å². The Labute approximate surface area is 183 Å². The van der Waals surface area contributed by atoms with Gasteiger partial charge in [-0.05, 0) is 25.6 Å². The number of carbonyl (C=O) groups is 1. The predicted octanol–water partition coefficient (Wildman–Crippen LogP) is 6.00. The molecule has 0 aliphatic rings. The normalized spacial score (nSPS) is 10.6. The second-order valence-corrected chi connectivity index (χ2v) is 6.26. The van der Waals surface area contributed by atoms with Crippen LogP contribution in [0.1, 0.15) is 13.8 Å². The first-order chi connectivity index (χ1) is 13.5. The first kappa shape index (κ1) is 22.3. The zero-order valence-electron chi connectivity index (χ0n) is 16.0. The number of aromatic nitrogens is 1. The van der Waals surface area contributed by atoms with Gasteiger partial charge in [-0.3, -0.25) is 4.79 Å². The Kier molecular flexibility index (Phi) is 8.08. The molecule has 29 heavy (non-hydrogen) atoms. The molecule has 0 amide bonds. The number of pyridine rings is 1. The molecule has 0 aliphatic carbocycles. The van der Waals surface area contributed by atoms with E-state index >= 15 is 0 Å². The number of allylic oxidation sites excluding steroid dienone is 2. The zero-order chi connectivity index (χ0) is 19.9. The van der Waals surface area contributed by atoms with E-state index in [1.54, 1.807) is 6.20 Å². The molecule has 4 rings (SSSR count). The quantitative estimate of drug-likeness (QED) is 0.189. The number of rotatable bonds is 3. The van der Waals surface area contributed by atoms with Crippen molar-refractivity contribution < 1.29 is 34.4 Å². The minimum atomic E-state index is -0.125. The molecule has 0 spiro atoms. The number of benzene rings is 2. The number of ketones is 1. The molecule has 5 heteroatoms. The Morgan fingerprint density at radius 1 is 1.07 bits per heavy atom. The summed E-state index contributed by atoms with van der Waals surface area (Å²) in [6, 6.07) is 25.2. The van der Waals surface area contributed by atoms with Crippen molar-refractivity contribution in [3.05, 3.63) is 90.8 Å². The maximum absolute atomic E-state index is 10.0. The monoisotopic (exact) mass is 563 g/mol. The fraction of sp³-hybridized carbons (Fsp3) is 0.0833. The van der Waals surface area contributed by atoms with E-state index in [9.17, 15) is 4.79 Å². The fourth-order valence-corrected chi connectivity index (χ4v) is 2.68. The molecule has 0 unspecified atom stereocenters. The van der Waals surface area contributed by atoms with E-state index in [0.29, 0.717) is 0 Å². The van der Waals surface area contributed by atoms with Crippen LogP contribution in [-0.2, 0) is 24.9 Å². The van der Waals surface area contributed by atoms with Crippen molar-refractivity contribution in [3.8, 4) is 22.6 Å². The van der Waals surface area contributed by atoms with Crippen LogP contribution in [0.2, 0.25) is 0 Å². The summed E-state index contributed by atoms with van der Waals surface area (Å²) in [6.07, 6.45) is 2.94. The van der Waals surface area contributed by atoms with Gasteiger partial charge in [-0.15, -0.1) is 35.9 Å². The summed E-state index contributed by atoms with van der Waals surface area (Å²) < 4.78 is 5.87. The van der Waals surface area contributed by atoms with Gasteiger partial charge in [0.25, 0.3) is 0 Å². The van der Waals surface area contributed by atoms with E-state index in [-0.39, 0.29) is 31.6 Å². The Bertz CT molecular complexity index is 1060. The van der Waals surface area contributed by atoms with E-state index in [1.807, 2.05) is 60.7 Å². The molecule has 0 bridgehead atoms. The van der Waals surface area contributed by atoms with Crippen LogP contribution in [-0.4, -0.2) is 15.9 Å². The van der Waals surface area contributed by atoms with Crippen LogP contribution in [0.4, 0.5) is 0 Å². The standard InChI is InChI=1S/C19H12NO.C5H8O2.Ir/c1-3-7-14(8-4-1)17-11-16-12-18(21-19(16)13-20-17)15-9-5-2-6-10-15;1-4(6)3-5(2)7;/h1-7,9-13H;3,6H,1-2H3;/q-1;;. The summed E-state index contributed by atoms with van der Waals surface area (Å²) in [4.78, 5) is 14.5. The number of nitrogens with zero attached hydrogens (tertiary/aromatic N) is 1. The smallest absolute Gasteiger partial charge is 0.155 e. The molecule has 149 valence electrons. The number of fused-ring (bicyclic) bond motifs is 1. The molecule has 0 aliphatic heterocycles. The molecule has 0 saturated heterocycles. The van der Waals surface area contributed by atoms with E-state index in [1.165, 1.54) is 19.9 Å². The zero-order valence-corrected chi connectivity index (χ0v) is 18.4. The minimum absolute atomic E-state index is 0. The van der Waals surface area contributed by atoms with Gasteiger partial charge in [0, 0.05) is 37.1 Å². The first-order valence-electron chi connectivity index (χ1n) is 8.83. The first-order valence-corrected chi connectivity index (χ1v) is 8.83. The van der Waals surface area contributed by atoms with Gasteiger partial charge in [0.15, 0.2) is 11.4 Å². The van der Waals surface area contributed by atoms with Crippen LogP contribution in [0, 0.1) is 6.07 Å². The molecule has 4 aromatic rings. The van der Waals surface area contributed by atoms with Gasteiger partial charge in [-0.1, -0.05) is 36.4 Å². The molecule has 0 atom stereocenters. The summed E-state index contributed by atoms with van der Waals surface area (Å²) >= 11 is 0. The summed E-state index contributed by atoms with van der Waals surface area (Å²) in [6.45, 7) is 2.85. The number of hydrogen-bond acceptors (Lipinski definition) is 4. The average Bonchev–Trinajstić information content (AvgIpc) is 3.12. The van der Waals surface area contributed by atoms with Gasteiger partial charge in [0.2, 0.25) is 0 Å². The molecule has 1 radical (unpaired) electrons. The third kappa shape index (κ3) is 6.24. The van der Waals surface area contributed by atoms with Crippen molar-refractivity contribution in [1.82, 2.24) is 4.98 Å². The van der Waals surface area contributed by atoms with Crippen LogP contribution in [0.5, 0.6) is 0 Å². The van der Waals surface area contributed by atoms with Gasteiger partial charge >= 0.3 is 0 Å². The Morgan fingerprint density at radius 3 is 2.38 bits per heavy atom. The summed E-state index contributed by atoms with van der Waals surface area (Å²) in [7, 11) is 0. The fourth-order valence-electron chi connectivity index (χ4n) is 2.68. The maximum Gasteiger partial charge on any atom is 0.155 e. The molecular weight excluding hydrogens is 542 g/mol. The van der Waals surface area contributed by atoms with Crippen molar-refractivity contribution in [2.45, 2.75) is 13.8 Å². The molecule has 2 heterocycles. The molecule has 2 aromatic heterocycles. The van der Waals surface area contributed by atoms with Crippen LogP contribution < -0.4 is 0 Å². The Morgan fingerprint density at radius 2 is 1.79 bits per heavy atom. The van der Waals surface area contributed by atoms with Crippen molar-refractivity contribution >= 4 is 16.8 Å². The summed E-state index contributed by atoms with van der Waals surface area (Å²) in [5.74, 6) is 0.800. The van der Waals surface area contributed by atoms with Crippen LogP contribution >= 0.6 is 0 Å². The van der Waals surface area contributed by atoms with Gasteiger partial charge in [0.05, 0.1) is 12.0 Å². The third-order valence-electron chi connectivity index (χ3n) is 3.86. The van der Waals surface area contributed by atoms with Gasteiger partial charge in [-0.25, -0.2) is 0 Å². The number of aliphatic hydroxyl groups is 1. The largest absolute Gasteiger partial charge is 0.512 e. The minimum Gasteiger partial charge on any atom is -0.512 e. The number of hydrogen-bond donors (Lipinski definition) is 1. The Hall–Kier alpha value is -3.01. The maximum atomic E-state index is 10.0. The van der Waals surface area contributed by atoms with Crippen molar-refractivity contribution in [2.75, 3.05) is 0 Å². The number of aliphatic hydroxyl groups excluding tert-OH is 1. The topological polar surface area (TPSA) is 63.3 Å². The van der Waals surface area contributed by atoms with Gasteiger partial charge in [0.1, 0.15) is 5.76 Å². The van der Waals surface area contributed by atoms with Crippen LogP contribution in [0.15, 0.2) is 89.2 Å². The summed E-state index contributed by atoms with van der Waals surface area (Å²) in [5, 5.41) is 9.42. The second-order valence-electron chi connectivity index (χ2n) is 6.26. The molecule has 4 nitrogen and oxygen atoms in total. The predicted molar refractivity (Wildman–Crippen MR) is 111 cm³/mol. The molecule has 2 aromatic carbocycles. The van der Waals surface area contributed by atoms with Crippen LogP contribution in [0.25, 0.3) is 33.6 Å². The third-order valence-corrected chi connectivity index (χ3v) is 3.86. The molecule has 0 saturated carbocycles.